The summed E-state index contributed by atoms with van der Waals surface area (Å²) in [5.74, 6) is 1.02. The van der Waals surface area contributed by atoms with E-state index in [-0.39, 0.29) is 0 Å². The SMILES string of the molecule is COc1ccc(S(=O)(=O)c2ccc3c(c2)[C@H]2CCN(C)CC[C@@H]2N3)cc1. The normalized spacial score (nSPS) is 22.8. The highest BCUT2D eigenvalue weighted by atomic mass is 32.2. The Bertz CT molecular complexity index is 909. The van der Waals surface area contributed by atoms with Gasteiger partial charge in [0.2, 0.25) is 9.84 Å². The van der Waals surface area contributed by atoms with Gasteiger partial charge in [0.05, 0.1) is 16.9 Å². The van der Waals surface area contributed by atoms with Gasteiger partial charge in [-0.15, -0.1) is 0 Å². The van der Waals surface area contributed by atoms with E-state index >= 15 is 0 Å². The van der Waals surface area contributed by atoms with Gasteiger partial charge in [0.1, 0.15) is 5.75 Å². The number of fused-ring (bicyclic) bond motifs is 3. The average Bonchev–Trinajstić information content (AvgIpc) is 2.90. The molecule has 2 atom stereocenters. The van der Waals surface area contributed by atoms with Crippen LogP contribution in [-0.4, -0.2) is 46.6 Å². The van der Waals surface area contributed by atoms with E-state index in [0.29, 0.717) is 27.5 Å². The second-order valence-electron chi connectivity index (χ2n) is 7.17. The van der Waals surface area contributed by atoms with Gasteiger partial charge in [-0.3, -0.25) is 0 Å². The third kappa shape index (κ3) is 2.97. The van der Waals surface area contributed by atoms with Crippen LogP contribution >= 0.6 is 0 Å². The topological polar surface area (TPSA) is 58.6 Å². The minimum absolute atomic E-state index is 0.293. The van der Waals surface area contributed by atoms with Crippen molar-refractivity contribution in [1.82, 2.24) is 4.90 Å². The van der Waals surface area contributed by atoms with Gasteiger partial charge in [-0.25, -0.2) is 8.42 Å². The molecule has 26 heavy (non-hydrogen) atoms. The summed E-state index contributed by atoms with van der Waals surface area (Å²) in [7, 11) is 0.175. The minimum atomic E-state index is -3.54. The Morgan fingerprint density at radius 2 is 1.73 bits per heavy atom. The molecule has 1 N–H and O–H groups in total. The molecule has 0 aliphatic carbocycles. The molecule has 2 aromatic rings. The number of methoxy groups -OCH3 is 1. The van der Waals surface area contributed by atoms with E-state index < -0.39 is 9.84 Å². The van der Waals surface area contributed by atoms with Crippen molar-refractivity contribution >= 4 is 15.5 Å². The number of ether oxygens (including phenoxy) is 1. The smallest absolute Gasteiger partial charge is 0.206 e. The summed E-state index contributed by atoms with van der Waals surface area (Å²) in [5.41, 5.74) is 2.22. The summed E-state index contributed by atoms with van der Waals surface area (Å²) < 4.78 is 31.2. The molecule has 0 unspecified atom stereocenters. The summed E-state index contributed by atoms with van der Waals surface area (Å²) in [6, 6.07) is 12.5. The van der Waals surface area contributed by atoms with Crippen LogP contribution in [0.3, 0.4) is 0 Å². The zero-order chi connectivity index (χ0) is 18.3. The fourth-order valence-corrected chi connectivity index (χ4v) is 5.31. The fourth-order valence-electron chi connectivity index (χ4n) is 4.02. The van der Waals surface area contributed by atoms with E-state index in [1.54, 1.807) is 37.4 Å². The number of benzene rings is 2. The first-order valence-corrected chi connectivity index (χ1v) is 10.5. The molecule has 6 heteroatoms. The lowest BCUT2D eigenvalue weighted by Gasteiger charge is -2.16. The van der Waals surface area contributed by atoms with Crippen LogP contribution in [0.25, 0.3) is 0 Å². The van der Waals surface area contributed by atoms with E-state index in [9.17, 15) is 8.42 Å². The Balaban J connectivity index is 1.69. The predicted octanol–water partition coefficient (Wildman–Crippen LogP) is 3.13. The zero-order valence-corrected chi connectivity index (χ0v) is 15.9. The molecule has 138 valence electrons. The second kappa shape index (κ2) is 6.59. The maximum atomic E-state index is 13.0. The van der Waals surface area contributed by atoms with Gasteiger partial charge in [0.15, 0.2) is 0 Å². The van der Waals surface area contributed by atoms with Crippen LogP contribution in [0.4, 0.5) is 5.69 Å². The number of anilines is 1. The van der Waals surface area contributed by atoms with E-state index in [0.717, 1.165) is 37.2 Å². The van der Waals surface area contributed by atoms with E-state index in [1.165, 1.54) is 0 Å². The molecule has 1 saturated heterocycles. The van der Waals surface area contributed by atoms with Gasteiger partial charge in [-0.1, -0.05) is 0 Å². The van der Waals surface area contributed by atoms with Gasteiger partial charge < -0.3 is 15.0 Å². The summed E-state index contributed by atoms with van der Waals surface area (Å²) in [4.78, 5) is 3.00. The summed E-state index contributed by atoms with van der Waals surface area (Å²) in [6.07, 6.45) is 2.13. The summed E-state index contributed by atoms with van der Waals surface area (Å²) in [6.45, 7) is 2.11. The Morgan fingerprint density at radius 3 is 2.46 bits per heavy atom. The molecule has 5 nitrogen and oxygen atoms in total. The fraction of sp³-hybridized carbons (Fsp3) is 0.400. The van der Waals surface area contributed by atoms with Crippen LogP contribution in [0.5, 0.6) is 5.75 Å². The average molecular weight is 372 g/mol. The molecule has 0 aromatic heterocycles. The number of hydrogen-bond donors (Lipinski definition) is 1. The first-order chi connectivity index (χ1) is 12.5. The van der Waals surface area contributed by atoms with E-state index in [1.807, 2.05) is 12.1 Å². The van der Waals surface area contributed by atoms with Crippen LogP contribution < -0.4 is 10.1 Å². The van der Waals surface area contributed by atoms with Crippen LogP contribution in [0.2, 0.25) is 0 Å². The molecule has 2 aliphatic rings. The Hall–Kier alpha value is -2.05. The third-order valence-corrected chi connectivity index (χ3v) is 7.34. The van der Waals surface area contributed by atoms with Gasteiger partial charge in [0, 0.05) is 17.6 Å². The van der Waals surface area contributed by atoms with Crippen LogP contribution in [0.15, 0.2) is 52.3 Å². The number of rotatable bonds is 3. The van der Waals surface area contributed by atoms with Crippen molar-refractivity contribution in [2.75, 3.05) is 32.6 Å². The monoisotopic (exact) mass is 372 g/mol. The van der Waals surface area contributed by atoms with Crippen molar-refractivity contribution in [1.29, 1.82) is 0 Å². The lowest BCUT2D eigenvalue weighted by atomic mass is 9.91. The van der Waals surface area contributed by atoms with E-state index in [4.69, 9.17) is 4.74 Å². The molecule has 0 radical (unpaired) electrons. The number of sulfone groups is 1. The lowest BCUT2D eigenvalue weighted by molar-refractivity contribution is 0.346. The second-order valence-corrected chi connectivity index (χ2v) is 9.12. The van der Waals surface area contributed by atoms with Crippen molar-refractivity contribution in [2.45, 2.75) is 34.6 Å². The van der Waals surface area contributed by atoms with Gasteiger partial charge in [0.25, 0.3) is 0 Å². The molecule has 0 saturated carbocycles. The molecule has 2 aliphatic heterocycles. The molecule has 0 spiro atoms. The molecule has 2 aromatic carbocycles. The highest BCUT2D eigenvalue weighted by Gasteiger charge is 2.34. The standard InChI is InChI=1S/C20H24N2O3S/c1-22-11-9-17-18-13-16(7-8-19(18)21-20(17)10-12-22)26(23,24)15-5-3-14(25-2)4-6-15/h3-8,13,17,20-21H,9-12H2,1-2H3/t17-,20+/m1/s1. The number of likely N-dealkylation sites (tertiary alicyclic amines) is 1. The zero-order valence-electron chi connectivity index (χ0n) is 15.1. The maximum Gasteiger partial charge on any atom is 0.206 e. The molecule has 1 fully saturated rings. The van der Waals surface area contributed by atoms with Crippen LogP contribution in [0, 0.1) is 0 Å². The van der Waals surface area contributed by atoms with Crippen molar-refractivity contribution in [3.05, 3.63) is 48.0 Å². The highest BCUT2D eigenvalue weighted by molar-refractivity contribution is 7.91. The van der Waals surface area contributed by atoms with Crippen LogP contribution in [0.1, 0.15) is 24.3 Å². The van der Waals surface area contributed by atoms with E-state index in [2.05, 4.69) is 17.3 Å². The number of nitrogens with one attached hydrogen (secondary N) is 1. The Labute approximate surface area is 154 Å². The molecule has 4 rings (SSSR count). The summed E-state index contributed by atoms with van der Waals surface area (Å²) >= 11 is 0. The Kier molecular flexibility index (Phi) is 4.40. The first kappa shape index (κ1) is 17.4. The Morgan fingerprint density at radius 1 is 1.04 bits per heavy atom. The van der Waals surface area contributed by atoms with Crippen molar-refractivity contribution < 1.29 is 13.2 Å². The molecular weight excluding hydrogens is 348 g/mol. The number of hydrogen-bond acceptors (Lipinski definition) is 5. The molecular formula is C20H24N2O3S. The lowest BCUT2D eigenvalue weighted by Crippen LogP contribution is -2.22. The quantitative estimate of drug-likeness (QED) is 0.897. The third-order valence-electron chi connectivity index (χ3n) is 5.57. The van der Waals surface area contributed by atoms with Gasteiger partial charge in [-0.2, -0.15) is 0 Å². The summed E-state index contributed by atoms with van der Waals surface area (Å²) in [5, 5.41) is 3.59. The van der Waals surface area contributed by atoms with Crippen LogP contribution in [-0.2, 0) is 9.84 Å². The molecule has 2 heterocycles. The highest BCUT2D eigenvalue weighted by Crippen LogP contribution is 2.42. The van der Waals surface area contributed by atoms with Crippen molar-refractivity contribution in [3.8, 4) is 5.75 Å². The minimum Gasteiger partial charge on any atom is -0.497 e. The number of nitrogens with zero attached hydrogens (tertiary/aromatic N) is 1. The predicted molar refractivity (Wildman–Crippen MR) is 102 cm³/mol. The molecule has 0 amide bonds. The first-order valence-electron chi connectivity index (χ1n) is 8.97. The largest absolute Gasteiger partial charge is 0.497 e. The molecule has 0 bridgehead atoms. The van der Waals surface area contributed by atoms with Gasteiger partial charge >= 0.3 is 0 Å². The van der Waals surface area contributed by atoms with Gasteiger partial charge in [-0.05, 0) is 81.0 Å². The van der Waals surface area contributed by atoms with Crippen molar-refractivity contribution in [2.24, 2.45) is 0 Å². The maximum absolute atomic E-state index is 13.0. The van der Waals surface area contributed by atoms with Crippen molar-refractivity contribution in [3.63, 3.8) is 0 Å².